The predicted octanol–water partition coefficient (Wildman–Crippen LogP) is 7.45. The molecule has 7 rings (SSSR count). The number of furan rings is 2. The van der Waals surface area contributed by atoms with E-state index in [1.54, 1.807) is 6.07 Å². The third-order valence-corrected chi connectivity index (χ3v) is 7.25. The summed E-state index contributed by atoms with van der Waals surface area (Å²) in [5.74, 6) is 0. The highest BCUT2D eigenvalue weighted by molar-refractivity contribution is 6.62. The third kappa shape index (κ3) is 2.95. The van der Waals surface area contributed by atoms with Crippen molar-refractivity contribution in [2.24, 2.45) is 0 Å². The Hall–Kier alpha value is -3.54. The predicted molar refractivity (Wildman–Crippen MR) is 142 cm³/mol. The van der Waals surface area contributed by atoms with Crippen LogP contribution in [0.5, 0.6) is 0 Å². The Balaban J connectivity index is 1.61. The maximum absolute atomic E-state index is 9.07. The molecule has 4 nitrogen and oxygen atoms in total. The Kier molecular flexibility index (Phi) is 3.09. The van der Waals surface area contributed by atoms with Crippen LogP contribution in [0, 0.1) is 0 Å². The molecule has 3 heterocycles. The molecule has 172 valence electrons. The monoisotopic (exact) mass is 466 g/mol. The van der Waals surface area contributed by atoms with Crippen molar-refractivity contribution in [3.05, 3.63) is 78.7 Å². The van der Waals surface area contributed by atoms with Crippen LogP contribution >= 0.6 is 0 Å². The van der Waals surface area contributed by atoms with Crippen LogP contribution in [0.1, 0.15) is 35.9 Å². The maximum Gasteiger partial charge on any atom is 0.494 e. The van der Waals surface area contributed by atoms with Crippen molar-refractivity contribution in [1.29, 1.82) is 0 Å². The number of para-hydroxylation sites is 1. The lowest BCUT2D eigenvalue weighted by Crippen LogP contribution is -2.41. The van der Waals surface area contributed by atoms with Crippen LogP contribution in [-0.4, -0.2) is 18.3 Å². The van der Waals surface area contributed by atoms with Gasteiger partial charge in [0, 0.05) is 21.5 Å². The highest BCUT2D eigenvalue weighted by atomic mass is 16.7. The van der Waals surface area contributed by atoms with E-state index in [9.17, 15) is 0 Å². The molecule has 0 bridgehead atoms. The van der Waals surface area contributed by atoms with Crippen molar-refractivity contribution in [2.75, 3.05) is 0 Å². The van der Waals surface area contributed by atoms with Gasteiger partial charge in [-0.05, 0) is 68.5 Å². The Morgan fingerprint density at radius 1 is 0.657 bits per heavy atom. The standard InChI is InChI=1S/C30H25BO4/c1-29(2)30(3,4)35-31(34-29)18-15-16-22-26(17-18)33-25-14-8-11-20(28(22)25)19-10-7-13-24-27(19)21-9-5-6-12-23(21)32-24/h5-17H,1-4H3/i8D,11D,14D,15D,16D,17D. The Labute approximate surface area is 212 Å². The molecule has 35 heavy (non-hydrogen) atoms. The molecule has 1 aliphatic heterocycles. The topological polar surface area (TPSA) is 44.7 Å². The maximum atomic E-state index is 9.07. The lowest BCUT2D eigenvalue weighted by atomic mass is 9.79. The molecule has 6 aromatic rings. The zero-order valence-corrected chi connectivity index (χ0v) is 19.8. The van der Waals surface area contributed by atoms with Gasteiger partial charge in [0.1, 0.15) is 22.3 Å². The lowest BCUT2D eigenvalue weighted by molar-refractivity contribution is 0.00578. The summed E-state index contributed by atoms with van der Waals surface area (Å²) in [7, 11) is -1.07. The van der Waals surface area contributed by atoms with Gasteiger partial charge in [0.25, 0.3) is 0 Å². The summed E-state index contributed by atoms with van der Waals surface area (Å²) in [6.07, 6.45) is 0. The minimum Gasteiger partial charge on any atom is -0.456 e. The summed E-state index contributed by atoms with van der Waals surface area (Å²) in [4.78, 5) is 0. The lowest BCUT2D eigenvalue weighted by Gasteiger charge is -2.32. The Bertz CT molecular complexity index is 2080. The van der Waals surface area contributed by atoms with Crippen molar-refractivity contribution >= 4 is 56.5 Å². The summed E-state index contributed by atoms with van der Waals surface area (Å²) >= 11 is 0. The molecule has 0 unspecified atom stereocenters. The second-order valence-electron chi connectivity index (χ2n) is 9.91. The molecule has 0 radical (unpaired) electrons. The summed E-state index contributed by atoms with van der Waals surface area (Å²) in [5, 5.41) is 1.92. The van der Waals surface area contributed by atoms with Crippen molar-refractivity contribution in [3.63, 3.8) is 0 Å². The quantitative estimate of drug-likeness (QED) is 0.249. The molecule has 5 heteroatoms. The van der Waals surface area contributed by atoms with E-state index in [1.165, 1.54) is 0 Å². The first-order chi connectivity index (χ1) is 19.3. The van der Waals surface area contributed by atoms with E-state index in [-0.39, 0.29) is 69.2 Å². The van der Waals surface area contributed by atoms with Crippen LogP contribution in [-0.2, 0) is 9.31 Å². The number of hydrogen-bond acceptors (Lipinski definition) is 4. The summed E-state index contributed by atoms with van der Waals surface area (Å²) in [6, 6.07) is 11.4. The van der Waals surface area contributed by atoms with Gasteiger partial charge in [-0.3, -0.25) is 0 Å². The first-order valence-electron chi connectivity index (χ1n) is 14.6. The highest BCUT2D eigenvalue weighted by Gasteiger charge is 2.51. The van der Waals surface area contributed by atoms with Crippen molar-refractivity contribution in [2.45, 2.75) is 38.9 Å². The van der Waals surface area contributed by atoms with Crippen LogP contribution in [0.15, 0.2) is 87.6 Å². The van der Waals surface area contributed by atoms with E-state index >= 15 is 0 Å². The van der Waals surface area contributed by atoms with Crippen LogP contribution < -0.4 is 5.46 Å². The molecular weight excluding hydrogens is 435 g/mol. The molecule has 0 amide bonds. The summed E-state index contributed by atoms with van der Waals surface area (Å²) in [5.41, 5.74) is 0.676. The fourth-order valence-electron chi connectivity index (χ4n) is 4.73. The molecule has 4 aromatic carbocycles. The van der Waals surface area contributed by atoms with E-state index in [0.717, 1.165) is 10.8 Å². The smallest absolute Gasteiger partial charge is 0.456 e. The zero-order chi connectivity index (χ0) is 29.2. The largest absolute Gasteiger partial charge is 0.494 e. The van der Waals surface area contributed by atoms with Gasteiger partial charge in [-0.15, -0.1) is 0 Å². The van der Waals surface area contributed by atoms with Crippen molar-refractivity contribution in [3.8, 4) is 11.1 Å². The van der Waals surface area contributed by atoms with Gasteiger partial charge in [-0.1, -0.05) is 54.5 Å². The highest BCUT2D eigenvalue weighted by Crippen LogP contribution is 2.42. The van der Waals surface area contributed by atoms with Crippen molar-refractivity contribution in [1.82, 2.24) is 0 Å². The fourth-order valence-corrected chi connectivity index (χ4v) is 4.73. The van der Waals surface area contributed by atoms with Gasteiger partial charge < -0.3 is 18.1 Å². The van der Waals surface area contributed by atoms with E-state index in [2.05, 4.69) is 0 Å². The Morgan fingerprint density at radius 3 is 2.20 bits per heavy atom. The van der Waals surface area contributed by atoms with Gasteiger partial charge in [-0.25, -0.2) is 0 Å². The molecule has 0 saturated carbocycles. The molecule has 0 spiro atoms. The fraction of sp³-hybridized carbons (Fsp3) is 0.200. The average molecular weight is 466 g/mol. The molecule has 1 aliphatic rings. The van der Waals surface area contributed by atoms with E-state index in [1.807, 2.05) is 64.1 Å². The van der Waals surface area contributed by atoms with E-state index in [4.69, 9.17) is 26.4 Å². The first-order valence-corrected chi connectivity index (χ1v) is 11.6. The van der Waals surface area contributed by atoms with Gasteiger partial charge in [0.05, 0.1) is 19.4 Å². The average Bonchev–Trinajstić information content (AvgIpc) is 3.56. The molecule has 1 fully saturated rings. The third-order valence-electron chi connectivity index (χ3n) is 7.25. The zero-order valence-electron chi connectivity index (χ0n) is 25.8. The van der Waals surface area contributed by atoms with Crippen LogP contribution in [0.2, 0.25) is 0 Å². The minimum absolute atomic E-state index is 0.0188. The molecule has 0 N–H and O–H groups in total. The van der Waals surface area contributed by atoms with Gasteiger partial charge in [-0.2, -0.15) is 0 Å². The van der Waals surface area contributed by atoms with Gasteiger partial charge >= 0.3 is 7.12 Å². The SMILES string of the molecule is [2H]c1c([2H])c(-c2cccc3oc4ccccc4c23)c2c(oc3c([2H])c(B4OC(C)(C)C(C)(C)O4)c([2H])c([2H])c32)c1[2H]. The number of benzene rings is 4. The second kappa shape index (κ2) is 7.00. The van der Waals surface area contributed by atoms with E-state index in [0.29, 0.717) is 16.7 Å². The van der Waals surface area contributed by atoms with Crippen LogP contribution in [0.25, 0.3) is 55.0 Å². The molecule has 0 aliphatic carbocycles. The van der Waals surface area contributed by atoms with Crippen LogP contribution in [0.3, 0.4) is 0 Å². The van der Waals surface area contributed by atoms with Gasteiger partial charge in [0.15, 0.2) is 0 Å². The molecular formula is C30H25BO4. The molecule has 0 atom stereocenters. The van der Waals surface area contributed by atoms with Gasteiger partial charge in [0.2, 0.25) is 0 Å². The van der Waals surface area contributed by atoms with Crippen molar-refractivity contribution < 1.29 is 26.4 Å². The Morgan fingerprint density at radius 2 is 1.37 bits per heavy atom. The number of fused-ring (bicyclic) bond motifs is 6. The van der Waals surface area contributed by atoms with E-state index < -0.39 is 18.3 Å². The first kappa shape index (κ1) is 15.5. The summed E-state index contributed by atoms with van der Waals surface area (Å²) in [6.45, 7) is 7.47. The summed E-state index contributed by atoms with van der Waals surface area (Å²) < 4.78 is 77.8. The molecule has 1 saturated heterocycles. The molecule has 2 aromatic heterocycles. The number of hydrogen-bond donors (Lipinski definition) is 0. The minimum atomic E-state index is -1.07. The number of rotatable bonds is 2. The normalized spacial score (nSPS) is 19.7. The second-order valence-corrected chi connectivity index (χ2v) is 9.91. The van der Waals surface area contributed by atoms with Crippen LogP contribution in [0.4, 0.5) is 0 Å².